The quantitative estimate of drug-likeness (QED) is 0.121. The highest BCUT2D eigenvalue weighted by Gasteiger charge is 2.43. The third-order valence-corrected chi connectivity index (χ3v) is 16.6. The van der Waals surface area contributed by atoms with Crippen LogP contribution in [-0.2, 0) is 0 Å². The molecule has 3 unspecified atom stereocenters. The SMILES string of the molecule is C1=CCC(C2C=C(c3ccc([Si](c4ccccc4)(c4ccccc4)c4cccc5c4c4ccccc4n5-c4ccccc4)cc3)NC(c3ccccc3)N2)C=C1. The van der Waals surface area contributed by atoms with Crippen LogP contribution < -0.4 is 31.4 Å². The first-order valence-corrected chi connectivity index (χ1v) is 21.7. The lowest BCUT2D eigenvalue weighted by Gasteiger charge is -2.37. The Hall–Kier alpha value is -6.46. The predicted octanol–water partition coefficient (Wildman–Crippen LogP) is 8.89. The second-order valence-corrected chi connectivity index (χ2v) is 18.7. The van der Waals surface area contributed by atoms with E-state index in [4.69, 9.17) is 0 Å². The van der Waals surface area contributed by atoms with Crippen LogP contribution in [0.3, 0.4) is 0 Å². The van der Waals surface area contributed by atoms with Crippen molar-refractivity contribution >= 4 is 56.3 Å². The lowest BCUT2D eigenvalue weighted by atomic mass is 9.89. The van der Waals surface area contributed by atoms with Crippen LogP contribution in [-0.4, -0.2) is 18.7 Å². The van der Waals surface area contributed by atoms with Gasteiger partial charge in [-0.1, -0.05) is 188 Å². The van der Waals surface area contributed by atoms with Crippen LogP contribution in [0.4, 0.5) is 0 Å². The van der Waals surface area contributed by atoms with Gasteiger partial charge in [0.05, 0.1) is 11.0 Å². The fraction of sp³-hybridized carbons (Fsp3) is 0.0769. The normalized spacial score (nSPS) is 18.1. The molecule has 0 bridgehead atoms. The number of benzene rings is 7. The van der Waals surface area contributed by atoms with Gasteiger partial charge in [-0.15, -0.1) is 0 Å². The third kappa shape index (κ3) is 5.86. The molecule has 1 aliphatic carbocycles. The highest BCUT2D eigenvalue weighted by atomic mass is 28.3. The molecule has 1 aromatic heterocycles. The molecule has 0 spiro atoms. The number of nitrogens with one attached hydrogen (secondary N) is 2. The summed E-state index contributed by atoms with van der Waals surface area (Å²) in [7, 11) is -2.93. The summed E-state index contributed by atoms with van der Waals surface area (Å²) < 4.78 is 2.44. The molecule has 2 heterocycles. The van der Waals surface area contributed by atoms with Crippen molar-refractivity contribution in [3.05, 3.63) is 230 Å². The van der Waals surface area contributed by atoms with Gasteiger partial charge in [0.1, 0.15) is 6.17 Å². The predicted molar refractivity (Wildman–Crippen MR) is 238 cm³/mol. The molecule has 0 radical (unpaired) electrons. The average Bonchev–Trinajstić information content (AvgIpc) is 3.63. The molecular formula is C52H43N3Si. The van der Waals surface area contributed by atoms with Crippen molar-refractivity contribution < 1.29 is 0 Å². The minimum atomic E-state index is -2.93. The molecule has 2 aliphatic rings. The Labute approximate surface area is 330 Å². The van der Waals surface area contributed by atoms with E-state index in [-0.39, 0.29) is 12.2 Å². The van der Waals surface area contributed by atoms with Gasteiger partial charge in [0.15, 0.2) is 8.07 Å². The lowest BCUT2D eigenvalue weighted by molar-refractivity contribution is 0.377. The van der Waals surface area contributed by atoms with Gasteiger partial charge < -0.3 is 9.88 Å². The first-order valence-electron chi connectivity index (χ1n) is 19.7. The van der Waals surface area contributed by atoms with Crippen molar-refractivity contribution in [1.29, 1.82) is 0 Å². The van der Waals surface area contributed by atoms with E-state index in [1.54, 1.807) is 0 Å². The van der Waals surface area contributed by atoms with Crippen molar-refractivity contribution in [2.75, 3.05) is 0 Å². The molecule has 1 aliphatic heterocycles. The summed E-state index contributed by atoms with van der Waals surface area (Å²) in [5, 5.41) is 15.9. The van der Waals surface area contributed by atoms with Crippen molar-refractivity contribution in [1.82, 2.24) is 15.2 Å². The summed E-state index contributed by atoms with van der Waals surface area (Å²) in [5.74, 6) is 0.386. The number of allylic oxidation sites excluding steroid dienone is 3. The molecule has 3 nitrogen and oxygen atoms in total. The van der Waals surface area contributed by atoms with Gasteiger partial charge in [0, 0.05) is 28.2 Å². The van der Waals surface area contributed by atoms with Gasteiger partial charge in [-0.25, -0.2) is 0 Å². The van der Waals surface area contributed by atoms with Crippen molar-refractivity contribution in [2.24, 2.45) is 5.92 Å². The zero-order valence-electron chi connectivity index (χ0n) is 31.2. The van der Waals surface area contributed by atoms with E-state index in [1.807, 2.05) is 0 Å². The standard InChI is InChI=1S/C52H43N3Si/c1-6-19-38(20-7-1)46-37-47(54-52(53-46)40-21-8-2-9-22-40)39-33-35-44(36-34-39)56(42-25-12-4-13-26-42,43-27-14-5-15-28-43)50-32-18-31-49-51(50)45-29-16-17-30-48(45)55(49)41-23-10-3-11-24-41/h1-19,21-38,46,52-54H,20H2. The molecule has 0 saturated carbocycles. The number of fused-ring (bicyclic) bond motifs is 3. The summed E-state index contributed by atoms with van der Waals surface area (Å²) in [5.41, 5.74) is 7.20. The van der Waals surface area contributed by atoms with Crippen LogP contribution in [0, 0.1) is 5.92 Å². The van der Waals surface area contributed by atoms with Gasteiger partial charge in [-0.2, -0.15) is 0 Å². The Morgan fingerprint density at radius 3 is 1.82 bits per heavy atom. The molecule has 0 saturated heterocycles. The van der Waals surface area contributed by atoms with Crippen LogP contribution in [0.5, 0.6) is 0 Å². The maximum absolute atomic E-state index is 3.92. The Morgan fingerprint density at radius 1 is 0.536 bits per heavy atom. The smallest absolute Gasteiger partial charge is 0.180 e. The van der Waals surface area contributed by atoms with Gasteiger partial charge in [-0.05, 0) is 74.6 Å². The molecule has 7 aromatic carbocycles. The number of hydrogen-bond donors (Lipinski definition) is 2. The lowest BCUT2D eigenvalue weighted by Crippen LogP contribution is -2.74. The molecule has 0 fully saturated rings. The van der Waals surface area contributed by atoms with E-state index in [0.717, 1.165) is 12.1 Å². The summed E-state index contributed by atoms with van der Waals surface area (Å²) in [4.78, 5) is 0. The Kier molecular flexibility index (Phi) is 8.91. The Bertz CT molecular complexity index is 2680. The summed E-state index contributed by atoms with van der Waals surface area (Å²) in [6, 6.07) is 69.8. The molecular weight excluding hydrogens is 695 g/mol. The summed E-state index contributed by atoms with van der Waals surface area (Å²) in [6.07, 6.45) is 12.4. The first-order chi connectivity index (χ1) is 27.8. The highest BCUT2D eigenvalue weighted by molar-refractivity contribution is 7.20. The van der Waals surface area contributed by atoms with Crippen LogP contribution in [0.2, 0.25) is 0 Å². The molecule has 10 rings (SSSR count). The molecule has 0 amide bonds. The van der Waals surface area contributed by atoms with Crippen LogP contribution in [0.1, 0.15) is 23.7 Å². The topological polar surface area (TPSA) is 29.0 Å². The Morgan fingerprint density at radius 2 is 1.14 bits per heavy atom. The fourth-order valence-corrected chi connectivity index (χ4v) is 14.2. The van der Waals surface area contributed by atoms with Gasteiger partial charge in [0.2, 0.25) is 0 Å². The van der Waals surface area contributed by atoms with Crippen LogP contribution in [0.25, 0.3) is 33.2 Å². The number of para-hydroxylation sites is 2. The average molecular weight is 738 g/mol. The van der Waals surface area contributed by atoms with E-state index >= 15 is 0 Å². The second kappa shape index (κ2) is 14.6. The third-order valence-electron chi connectivity index (χ3n) is 11.8. The molecule has 270 valence electrons. The largest absolute Gasteiger partial charge is 0.366 e. The van der Waals surface area contributed by atoms with Crippen molar-refractivity contribution in [3.63, 3.8) is 0 Å². The zero-order valence-corrected chi connectivity index (χ0v) is 32.2. The number of nitrogens with zero attached hydrogens (tertiary/aromatic N) is 1. The maximum Gasteiger partial charge on any atom is 0.180 e. The molecule has 4 heteroatoms. The molecule has 8 aromatic rings. The highest BCUT2D eigenvalue weighted by Crippen LogP contribution is 2.33. The minimum absolute atomic E-state index is 0.00169. The van der Waals surface area contributed by atoms with E-state index in [1.165, 1.54) is 59.4 Å². The summed E-state index contributed by atoms with van der Waals surface area (Å²) in [6.45, 7) is 0. The minimum Gasteiger partial charge on any atom is -0.366 e. The number of rotatable bonds is 8. The molecule has 3 atom stereocenters. The number of aromatic nitrogens is 1. The van der Waals surface area contributed by atoms with E-state index < -0.39 is 8.07 Å². The van der Waals surface area contributed by atoms with Crippen molar-refractivity contribution in [2.45, 2.75) is 18.6 Å². The van der Waals surface area contributed by atoms with Crippen LogP contribution >= 0.6 is 0 Å². The second-order valence-electron chi connectivity index (χ2n) is 14.9. The van der Waals surface area contributed by atoms with Crippen LogP contribution in [0.15, 0.2) is 218 Å². The Balaban J connectivity index is 1.19. The van der Waals surface area contributed by atoms with E-state index in [2.05, 4.69) is 234 Å². The summed E-state index contributed by atoms with van der Waals surface area (Å²) >= 11 is 0. The van der Waals surface area contributed by atoms with E-state index in [9.17, 15) is 0 Å². The van der Waals surface area contributed by atoms with Gasteiger partial charge in [0.25, 0.3) is 0 Å². The van der Waals surface area contributed by atoms with E-state index in [0.29, 0.717) is 5.92 Å². The van der Waals surface area contributed by atoms with Gasteiger partial charge in [-0.3, -0.25) is 5.32 Å². The number of hydrogen-bond acceptors (Lipinski definition) is 2. The maximum atomic E-state index is 3.92. The fourth-order valence-electron chi connectivity index (χ4n) is 9.21. The van der Waals surface area contributed by atoms with Crippen molar-refractivity contribution in [3.8, 4) is 5.69 Å². The zero-order chi connectivity index (χ0) is 37.3. The molecule has 56 heavy (non-hydrogen) atoms. The monoisotopic (exact) mass is 737 g/mol. The first kappa shape index (κ1) is 34.1. The molecule has 2 N–H and O–H groups in total. The van der Waals surface area contributed by atoms with Gasteiger partial charge >= 0.3 is 0 Å².